The molecule has 116 valence electrons. The molecule has 1 aliphatic heterocycles. The topological polar surface area (TPSA) is 67.6 Å². The molecule has 1 aromatic rings. The summed E-state index contributed by atoms with van der Waals surface area (Å²) in [5, 5.41) is 14.3. The van der Waals surface area contributed by atoms with Crippen LogP contribution in [0.4, 0.5) is 11.4 Å². The van der Waals surface area contributed by atoms with Crippen LogP contribution >= 0.6 is 0 Å². The van der Waals surface area contributed by atoms with Crippen LogP contribution < -0.4 is 10.1 Å². The number of nitrogens with zero attached hydrogens (tertiary/aromatic N) is 2. The molecule has 1 fully saturated rings. The van der Waals surface area contributed by atoms with Crippen molar-refractivity contribution in [2.75, 3.05) is 32.1 Å². The zero-order valence-electron chi connectivity index (χ0n) is 12.7. The van der Waals surface area contributed by atoms with Crippen LogP contribution in [-0.2, 0) is 0 Å². The summed E-state index contributed by atoms with van der Waals surface area (Å²) in [4.78, 5) is 13.0. The number of benzene rings is 1. The van der Waals surface area contributed by atoms with E-state index in [-0.39, 0.29) is 11.7 Å². The number of nitrogens with one attached hydrogen (secondary N) is 1. The average Bonchev–Trinajstić information content (AvgIpc) is 2.47. The Morgan fingerprint density at radius 1 is 1.33 bits per heavy atom. The van der Waals surface area contributed by atoms with Crippen molar-refractivity contribution in [2.45, 2.75) is 32.2 Å². The number of hydrogen-bond acceptors (Lipinski definition) is 5. The number of anilines is 1. The fourth-order valence-corrected chi connectivity index (χ4v) is 2.75. The van der Waals surface area contributed by atoms with Gasteiger partial charge in [-0.15, -0.1) is 0 Å². The van der Waals surface area contributed by atoms with Gasteiger partial charge in [-0.1, -0.05) is 6.42 Å². The van der Waals surface area contributed by atoms with Crippen molar-refractivity contribution < 1.29 is 9.66 Å². The maximum absolute atomic E-state index is 10.9. The van der Waals surface area contributed by atoms with Crippen molar-refractivity contribution in [1.29, 1.82) is 0 Å². The first kappa shape index (κ1) is 15.6. The lowest BCUT2D eigenvalue weighted by atomic mass is 10.1. The average molecular weight is 293 g/mol. The summed E-state index contributed by atoms with van der Waals surface area (Å²) in [6, 6.07) is 5.00. The Bertz CT molecular complexity index is 487. The van der Waals surface area contributed by atoms with Crippen LogP contribution in [0.2, 0.25) is 0 Å². The smallest absolute Gasteiger partial charge is 0.275 e. The lowest BCUT2D eigenvalue weighted by molar-refractivity contribution is -0.384. The molecule has 2 rings (SSSR count). The molecule has 6 nitrogen and oxygen atoms in total. The van der Waals surface area contributed by atoms with Crippen molar-refractivity contribution in [3.63, 3.8) is 0 Å². The summed E-state index contributed by atoms with van der Waals surface area (Å²) in [7, 11) is 1.51. The molecule has 1 heterocycles. The molecule has 0 spiro atoms. The quantitative estimate of drug-likeness (QED) is 0.645. The Morgan fingerprint density at radius 3 is 2.67 bits per heavy atom. The molecule has 1 atom stereocenters. The van der Waals surface area contributed by atoms with Crippen LogP contribution in [0.3, 0.4) is 0 Å². The summed E-state index contributed by atoms with van der Waals surface area (Å²) in [5.41, 5.74) is 0.771. The highest BCUT2D eigenvalue weighted by atomic mass is 16.6. The minimum atomic E-state index is -0.400. The van der Waals surface area contributed by atoms with Gasteiger partial charge in [0.25, 0.3) is 5.69 Å². The number of methoxy groups -OCH3 is 1. The van der Waals surface area contributed by atoms with Crippen molar-refractivity contribution in [2.24, 2.45) is 0 Å². The minimum Gasteiger partial charge on any atom is -0.496 e. The van der Waals surface area contributed by atoms with E-state index in [4.69, 9.17) is 4.74 Å². The highest BCUT2D eigenvalue weighted by molar-refractivity contribution is 5.56. The van der Waals surface area contributed by atoms with Crippen LogP contribution in [0.1, 0.15) is 26.2 Å². The van der Waals surface area contributed by atoms with Gasteiger partial charge < -0.3 is 15.0 Å². The second-order valence-electron chi connectivity index (χ2n) is 5.58. The normalized spacial score (nSPS) is 17.2. The zero-order chi connectivity index (χ0) is 15.2. The first-order valence-electron chi connectivity index (χ1n) is 7.41. The summed E-state index contributed by atoms with van der Waals surface area (Å²) in [6.45, 7) is 5.33. The van der Waals surface area contributed by atoms with E-state index >= 15 is 0 Å². The molecule has 1 aliphatic rings. The third kappa shape index (κ3) is 4.60. The van der Waals surface area contributed by atoms with Gasteiger partial charge in [0, 0.05) is 30.4 Å². The summed E-state index contributed by atoms with van der Waals surface area (Å²) < 4.78 is 5.12. The molecular formula is C15H23N3O3. The number of nitro groups is 1. The number of rotatable bonds is 6. The van der Waals surface area contributed by atoms with E-state index in [0.717, 1.165) is 25.3 Å². The second-order valence-corrected chi connectivity index (χ2v) is 5.58. The number of ether oxygens (including phenoxy) is 1. The van der Waals surface area contributed by atoms with E-state index in [2.05, 4.69) is 17.1 Å². The molecule has 1 saturated heterocycles. The molecule has 0 aromatic heterocycles. The second kappa shape index (κ2) is 7.26. The van der Waals surface area contributed by atoms with Crippen LogP contribution in [0.5, 0.6) is 5.75 Å². The predicted molar refractivity (Wildman–Crippen MR) is 83.0 cm³/mol. The van der Waals surface area contributed by atoms with Gasteiger partial charge in [0.2, 0.25) is 0 Å². The van der Waals surface area contributed by atoms with Gasteiger partial charge in [0.05, 0.1) is 18.1 Å². The maximum Gasteiger partial charge on any atom is 0.275 e. The van der Waals surface area contributed by atoms with Gasteiger partial charge in [0.1, 0.15) is 5.75 Å². The number of non-ortho nitro benzene ring substituents is 1. The van der Waals surface area contributed by atoms with E-state index in [1.54, 1.807) is 12.1 Å². The Kier molecular flexibility index (Phi) is 5.38. The maximum atomic E-state index is 10.9. The largest absolute Gasteiger partial charge is 0.496 e. The summed E-state index contributed by atoms with van der Waals surface area (Å²) >= 11 is 0. The Hall–Kier alpha value is -1.82. The number of likely N-dealkylation sites (tertiary alicyclic amines) is 1. The van der Waals surface area contributed by atoms with Crippen LogP contribution in [0.25, 0.3) is 0 Å². The molecule has 0 radical (unpaired) electrons. The third-order valence-electron chi connectivity index (χ3n) is 3.73. The van der Waals surface area contributed by atoms with Crippen molar-refractivity contribution >= 4 is 11.4 Å². The molecule has 1 unspecified atom stereocenters. The fraction of sp³-hybridized carbons (Fsp3) is 0.600. The van der Waals surface area contributed by atoms with E-state index in [9.17, 15) is 10.1 Å². The van der Waals surface area contributed by atoms with Crippen LogP contribution in [0.15, 0.2) is 18.2 Å². The Labute approximate surface area is 125 Å². The molecule has 21 heavy (non-hydrogen) atoms. The third-order valence-corrected chi connectivity index (χ3v) is 3.73. The lowest BCUT2D eigenvalue weighted by Crippen LogP contribution is -2.38. The molecule has 0 amide bonds. The fourth-order valence-electron chi connectivity index (χ4n) is 2.75. The van der Waals surface area contributed by atoms with Crippen LogP contribution in [0, 0.1) is 10.1 Å². The predicted octanol–water partition coefficient (Wildman–Crippen LogP) is 2.89. The van der Waals surface area contributed by atoms with Crippen molar-refractivity contribution in [1.82, 2.24) is 4.90 Å². The standard InChI is InChI=1S/C15H23N3O3/c1-12(11-17-6-4-3-5-7-17)16-13-8-14(18(19)20)10-15(9-13)21-2/h8-10,12,16H,3-7,11H2,1-2H3. The van der Waals surface area contributed by atoms with Crippen molar-refractivity contribution in [3.05, 3.63) is 28.3 Å². The van der Waals surface area contributed by atoms with E-state index in [1.165, 1.54) is 32.4 Å². The highest BCUT2D eigenvalue weighted by Crippen LogP contribution is 2.26. The van der Waals surface area contributed by atoms with E-state index in [1.807, 2.05) is 0 Å². The molecule has 1 aromatic carbocycles. The number of piperidine rings is 1. The minimum absolute atomic E-state index is 0.0435. The molecular weight excluding hydrogens is 270 g/mol. The number of nitro benzene ring substituents is 1. The van der Waals surface area contributed by atoms with Gasteiger partial charge in [-0.2, -0.15) is 0 Å². The van der Waals surface area contributed by atoms with E-state index < -0.39 is 4.92 Å². The molecule has 0 aliphatic carbocycles. The Morgan fingerprint density at radius 2 is 2.05 bits per heavy atom. The van der Waals surface area contributed by atoms with E-state index in [0.29, 0.717) is 5.75 Å². The Balaban J connectivity index is 2.00. The lowest BCUT2D eigenvalue weighted by Gasteiger charge is -2.29. The SMILES string of the molecule is COc1cc(NC(C)CN2CCCCC2)cc([N+](=O)[O-])c1. The summed E-state index contributed by atoms with van der Waals surface area (Å²) in [6.07, 6.45) is 3.84. The van der Waals surface area contributed by atoms with Gasteiger partial charge in [-0.05, 0) is 32.9 Å². The monoisotopic (exact) mass is 293 g/mol. The molecule has 1 N–H and O–H groups in total. The van der Waals surface area contributed by atoms with Gasteiger partial charge in [0.15, 0.2) is 0 Å². The van der Waals surface area contributed by atoms with Gasteiger partial charge in [-0.25, -0.2) is 0 Å². The molecule has 6 heteroatoms. The van der Waals surface area contributed by atoms with Crippen LogP contribution in [-0.4, -0.2) is 42.6 Å². The first-order chi connectivity index (χ1) is 10.1. The first-order valence-corrected chi connectivity index (χ1v) is 7.41. The zero-order valence-corrected chi connectivity index (χ0v) is 12.7. The summed E-state index contributed by atoms with van der Waals surface area (Å²) in [5.74, 6) is 0.497. The molecule has 0 bridgehead atoms. The molecule has 0 saturated carbocycles. The number of hydrogen-bond donors (Lipinski definition) is 1. The van der Waals surface area contributed by atoms with Gasteiger partial charge >= 0.3 is 0 Å². The van der Waals surface area contributed by atoms with Gasteiger partial charge in [-0.3, -0.25) is 10.1 Å². The van der Waals surface area contributed by atoms with Crippen molar-refractivity contribution in [3.8, 4) is 5.75 Å². The highest BCUT2D eigenvalue weighted by Gasteiger charge is 2.15.